The molecule has 20 heavy (non-hydrogen) atoms. The SMILES string of the molecule is Cc1ccc(Br)c(C(Cc2c(Br)c(C)nn2C)NN)c1. The highest BCUT2D eigenvalue weighted by Crippen LogP contribution is 2.29. The van der Waals surface area contributed by atoms with Crippen molar-refractivity contribution in [3.05, 3.63) is 49.7 Å². The first kappa shape index (κ1) is 15.7. The predicted molar refractivity (Wildman–Crippen MR) is 88.3 cm³/mol. The van der Waals surface area contributed by atoms with E-state index in [4.69, 9.17) is 5.84 Å². The second-order valence-corrected chi connectivity index (χ2v) is 6.57. The van der Waals surface area contributed by atoms with Crippen LogP contribution in [0.1, 0.15) is 28.6 Å². The van der Waals surface area contributed by atoms with E-state index in [0.29, 0.717) is 0 Å². The lowest BCUT2D eigenvalue weighted by Crippen LogP contribution is -2.30. The Kier molecular flexibility index (Phi) is 5.01. The third-order valence-corrected chi connectivity index (χ3v) is 5.14. The zero-order chi connectivity index (χ0) is 14.9. The Labute approximate surface area is 136 Å². The van der Waals surface area contributed by atoms with Gasteiger partial charge in [-0.15, -0.1) is 0 Å². The van der Waals surface area contributed by atoms with Crippen LogP contribution in [0, 0.1) is 13.8 Å². The Hall–Kier alpha value is -0.690. The van der Waals surface area contributed by atoms with Gasteiger partial charge in [-0.05, 0) is 41.4 Å². The van der Waals surface area contributed by atoms with Crippen LogP contribution in [0.5, 0.6) is 0 Å². The molecule has 0 aliphatic carbocycles. The molecule has 0 radical (unpaired) electrons. The van der Waals surface area contributed by atoms with Gasteiger partial charge in [0, 0.05) is 17.9 Å². The maximum absolute atomic E-state index is 5.76. The maximum Gasteiger partial charge on any atom is 0.0738 e. The van der Waals surface area contributed by atoms with Crippen molar-refractivity contribution < 1.29 is 0 Å². The lowest BCUT2D eigenvalue weighted by molar-refractivity contribution is 0.527. The molecule has 0 saturated heterocycles. The molecule has 0 saturated carbocycles. The maximum atomic E-state index is 5.76. The highest BCUT2D eigenvalue weighted by atomic mass is 79.9. The van der Waals surface area contributed by atoms with E-state index in [1.54, 1.807) is 0 Å². The highest BCUT2D eigenvalue weighted by molar-refractivity contribution is 9.10. The molecule has 3 N–H and O–H groups in total. The first-order chi connectivity index (χ1) is 9.43. The summed E-state index contributed by atoms with van der Waals surface area (Å²) >= 11 is 7.20. The van der Waals surface area contributed by atoms with Gasteiger partial charge in [0.05, 0.1) is 21.9 Å². The standard InChI is InChI=1S/C14H18Br2N4/c1-8-4-5-11(15)10(6-8)12(18-17)7-13-14(16)9(2)19-20(13)3/h4-6,12,18H,7,17H2,1-3H3. The molecule has 2 aromatic rings. The number of aromatic nitrogens is 2. The number of nitrogens with zero attached hydrogens (tertiary/aromatic N) is 2. The van der Waals surface area contributed by atoms with Crippen molar-refractivity contribution in [1.29, 1.82) is 0 Å². The molecule has 1 unspecified atom stereocenters. The number of aryl methyl sites for hydroxylation is 3. The smallest absolute Gasteiger partial charge is 0.0738 e. The van der Waals surface area contributed by atoms with Gasteiger partial charge in [0.2, 0.25) is 0 Å². The fourth-order valence-corrected chi connectivity index (χ4v) is 3.30. The summed E-state index contributed by atoms with van der Waals surface area (Å²) in [6, 6.07) is 6.30. The summed E-state index contributed by atoms with van der Waals surface area (Å²) in [7, 11) is 1.95. The Morgan fingerprint density at radius 3 is 2.60 bits per heavy atom. The lowest BCUT2D eigenvalue weighted by Gasteiger charge is -2.19. The Bertz CT molecular complexity index is 622. The fraction of sp³-hybridized carbons (Fsp3) is 0.357. The van der Waals surface area contributed by atoms with E-state index in [1.807, 2.05) is 18.7 Å². The molecule has 0 amide bonds. The van der Waals surface area contributed by atoms with Gasteiger partial charge in [0.25, 0.3) is 0 Å². The average molecular weight is 402 g/mol. The summed E-state index contributed by atoms with van der Waals surface area (Å²) in [6.45, 7) is 4.06. The van der Waals surface area contributed by atoms with Gasteiger partial charge in [-0.3, -0.25) is 16.0 Å². The highest BCUT2D eigenvalue weighted by Gasteiger charge is 2.19. The summed E-state index contributed by atoms with van der Waals surface area (Å²) in [5, 5.41) is 4.42. The van der Waals surface area contributed by atoms with E-state index in [-0.39, 0.29) is 6.04 Å². The molecule has 1 aromatic carbocycles. The van der Waals surface area contributed by atoms with Crippen molar-refractivity contribution in [2.24, 2.45) is 12.9 Å². The van der Waals surface area contributed by atoms with Crippen molar-refractivity contribution in [1.82, 2.24) is 15.2 Å². The number of nitrogens with one attached hydrogen (secondary N) is 1. The van der Waals surface area contributed by atoms with Crippen LogP contribution < -0.4 is 11.3 Å². The largest absolute Gasteiger partial charge is 0.271 e. The molecule has 1 heterocycles. The number of halogens is 2. The van der Waals surface area contributed by atoms with Crippen LogP contribution in [0.25, 0.3) is 0 Å². The van der Waals surface area contributed by atoms with Crippen LogP contribution >= 0.6 is 31.9 Å². The third-order valence-electron chi connectivity index (χ3n) is 3.39. The molecule has 0 bridgehead atoms. The van der Waals surface area contributed by atoms with E-state index in [9.17, 15) is 0 Å². The second kappa shape index (κ2) is 6.39. The lowest BCUT2D eigenvalue weighted by atomic mass is 10.0. The van der Waals surface area contributed by atoms with Gasteiger partial charge in [0.1, 0.15) is 0 Å². The average Bonchev–Trinajstić information content (AvgIpc) is 2.65. The second-order valence-electron chi connectivity index (χ2n) is 4.92. The summed E-state index contributed by atoms with van der Waals surface area (Å²) in [5.74, 6) is 5.76. The molecule has 1 aromatic heterocycles. The van der Waals surface area contributed by atoms with Crippen LogP contribution in [0.4, 0.5) is 0 Å². The van der Waals surface area contributed by atoms with Crippen LogP contribution in [0.2, 0.25) is 0 Å². The molecule has 0 spiro atoms. The molecule has 2 rings (SSSR count). The summed E-state index contributed by atoms with van der Waals surface area (Å²) in [4.78, 5) is 0. The Balaban J connectivity index is 2.36. The van der Waals surface area contributed by atoms with Crippen molar-refractivity contribution in [2.45, 2.75) is 26.3 Å². The number of hydrogen-bond donors (Lipinski definition) is 2. The molecular weight excluding hydrogens is 384 g/mol. The van der Waals surface area contributed by atoms with E-state index in [1.165, 1.54) is 5.56 Å². The number of nitrogens with two attached hydrogens (primary N) is 1. The van der Waals surface area contributed by atoms with Gasteiger partial charge >= 0.3 is 0 Å². The monoisotopic (exact) mass is 400 g/mol. The minimum absolute atomic E-state index is 0.0235. The van der Waals surface area contributed by atoms with Crippen molar-refractivity contribution in [3.63, 3.8) is 0 Å². The van der Waals surface area contributed by atoms with Gasteiger partial charge in [-0.2, -0.15) is 5.10 Å². The molecule has 0 fully saturated rings. The van der Waals surface area contributed by atoms with Crippen molar-refractivity contribution in [2.75, 3.05) is 0 Å². The molecule has 108 valence electrons. The molecule has 0 aliphatic heterocycles. The van der Waals surface area contributed by atoms with Crippen LogP contribution in [-0.4, -0.2) is 9.78 Å². The topological polar surface area (TPSA) is 55.9 Å². The number of hydrazine groups is 1. The normalized spacial score (nSPS) is 12.7. The fourth-order valence-electron chi connectivity index (χ4n) is 2.28. The van der Waals surface area contributed by atoms with E-state index in [2.05, 4.69) is 67.5 Å². The summed E-state index contributed by atoms with van der Waals surface area (Å²) in [5.41, 5.74) is 7.38. The van der Waals surface area contributed by atoms with Gasteiger partial charge in [0.15, 0.2) is 0 Å². The zero-order valence-electron chi connectivity index (χ0n) is 11.7. The molecule has 4 nitrogen and oxygen atoms in total. The molecule has 1 atom stereocenters. The predicted octanol–water partition coefficient (Wildman–Crippen LogP) is 3.31. The van der Waals surface area contributed by atoms with Crippen molar-refractivity contribution >= 4 is 31.9 Å². The minimum atomic E-state index is 0.0235. The third kappa shape index (κ3) is 3.14. The van der Waals surface area contributed by atoms with Crippen LogP contribution in [0.3, 0.4) is 0 Å². The first-order valence-corrected chi connectivity index (χ1v) is 7.92. The summed E-state index contributed by atoms with van der Waals surface area (Å²) in [6.07, 6.45) is 0.760. The quantitative estimate of drug-likeness (QED) is 0.610. The van der Waals surface area contributed by atoms with Gasteiger partial charge in [-0.25, -0.2) is 0 Å². The van der Waals surface area contributed by atoms with Gasteiger partial charge < -0.3 is 0 Å². The first-order valence-electron chi connectivity index (χ1n) is 6.34. The van der Waals surface area contributed by atoms with Crippen molar-refractivity contribution in [3.8, 4) is 0 Å². The minimum Gasteiger partial charge on any atom is -0.271 e. The molecule has 0 aliphatic rings. The van der Waals surface area contributed by atoms with E-state index >= 15 is 0 Å². The van der Waals surface area contributed by atoms with Gasteiger partial charge in [-0.1, -0.05) is 33.6 Å². The number of benzene rings is 1. The zero-order valence-corrected chi connectivity index (χ0v) is 14.9. The van der Waals surface area contributed by atoms with E-state index in [0.717, 1.165) is 32.3 Å². The van der Waals surface area contributed by atoms with Crippen LogP contribution in [0.15, 0.2) is 27.1 Å². The molecule has 6 heteroatoms. The number of hydrogen-bond acceptors (Lipinski definition) is 3. The summed E-state index contributed by atoms with van der Waals surface area (Å²) < 4.78 is 4.00. The Morgan fingerprint density at radius 2 is 2.05 bits per heavy atom. The molecular formula is C14H18Br2N4. The van der Waals surface area contributed by atoms with E-state index < -0.39 is 0 Å². The Morgan fingerprint density at radius 1 is 1.35 bits per heavy atom. The number of rotatable bonds is 4. The van der Waals surface area contributed by atoms with Crippen LogP contribution in [-0.2, 0) is 13.5 Å².